The number of aryl methyl sites for hydroxylation is 1. The lowest BCUT2D eigenvalue weighted by atomic mass is 10.1. The van der Waals surface area contributed by atoms with Gasteiger partial charge in [-0.05, 0) is 26.3 Å². The van der Waals surface area contributed by atoms with E-state index in [-0.39, 0.29) is 6.61 Å². The maximum absolute atomic E-state index is 11.9. The third-order valence-electron chi connectivity index (χ3n) is 3.36. The molecule has 1 heterocycles. The van der Waals surface area contributed by atoms with Gasteiger partial charge in [-0.3, -0.25) is 5.32 Å². The van der Waals surface area contributed by atoms with Crippen molar-refractivity contribution >= 4 is 17.9 Å². The minimum Gasteiger partial charge on any atom is -0.462 e. The molecule has 0 atom stereocenters. The van der Waals surface area contributed by atoms with Crippen LogP contribution in [0.5, 0.6) is 0 Å². The Balaban J connectivity index is 2.01. The number of H-pyrrole nitrogens is 1. The van der Waals surface area contributed by atoms with Crippen LogP contribution in [0.25, 0.3) is 0 Å². The summed E-state index contributed by atoms with van der Waals surface area (Å²) in [6, 6.07) is 9.39. The van der Waals surface area contributed by atoms with Crippen LogP contribution in [-0.2, 0) is 16.1 Å². The van der Waals surface area contributed by atoms with Gasteiger partial charge in [0, 0.05) is 11.3 Å². The second kappa shape index (κ2) is 7.49. The van der Waals surface area contributed by atoms with Gasteiger partial charge < -0.3 is 14.5 Å². The predicted molar refractivity (Wildman–Crippen MR) is 86.5 cm³/mol. The molecule has 6 nitrogen and oxygen atoms in total. The van der Waals surface area contributed by atoms with E-state index in [1.165, 1.54) is 0 Å². The van der Waals surface area contributed by atoms with Crippen molar-refractivity contribution in [3.05, 3.63) is 52.7 Å². The van der Waals surface area contributed by atoms with E-state index >= 15 is 0 Å². The number of hydrogen-bond donors (Lipinski definition) is 2. The molecule has 0 saturated heterocycles. The summed E-state index contributed by atoms with van der Waals surface area (Å²) in [4.78, 5) is 26.8. The Bertz CT molecular complexity index is 692. The van der Waals surface area contributed by atoms with Gasteiger partial charge in [-0.15, -0.1) is 0 Å². The number of rotatable bonds is 5. The maximum atomic E-state index is 11.9. The minimum absolute atomic E-state index is 0.177. The molecule has 0 fully saturated rings. The highest BCUT2D eigenvalue weighted by Crippen LogP contribution is 2.23. The largest absolute Gasteiger partial charge is 0.462 e. The molecule has 0 unspecified atom stereocenters. The smallest absolute Gasteiger partial charge is 0.413 e. The Hall–Kier alpha value is -2.76. The highest BCUT2D eigenvalue weighted by molar-refractivity contribution is 5.96. The van der Waals surface area contributed by atoms with Crippen molar-refractivity contribution in [2.75, 3.05) is 11.9 Å². The molecule has 122 valence electrons. The third kappa shape index (κ3) is 4.12. The monoisotopic (exact) mass is 316 g/mol. The number of hydrogen-bond acceptors (Lipinski definition) is 4. The van der Waals surface area contributed by atoms with Crippen molar-refractivity contribution in [2.24, 2.45) is 0 Å². The first-order valence-electron chi connectivity index (χ1n) is 7.37. The van der Waals surface area contributed by atoms with Gasteiger partial charge in [0.2, 0.25) is 0 Å². The molecule has 0 spiro atoms. The molecular formula is C17H20N2O4. The summed E-state index contributed by atoms with van der Waals surface area (Å²) in [5.41, 5.74) is 2.59. The van der Waals surface area contributed by atoms with Gasteiger partial charge in [0.05, 0.1) is 12.2 Å². The summed E-state index contributed by atoms with van der Waals surface area (Å²) in [6.45, 7) is 5.71. The molecule has 2 rings (SSSR count). The van der Waals surface area contributed by atoms with Crippen molar-refractivity contribution in [3.63, 3.8) is 0 Å². The van der Waals surface area contributed by atoms with Crippen LogP contribution in [-0.4, -0.2) is 23.7 Å². The summed E-state index contributed by atoms with van der Waals surface area (Å²) >= 11 is 0. The zero-order valence-electron chi connectivity index (χ0n) is 13.4. The van der Waals surface area contributed by atoms with E-state index in [1.54, 1.807) is 20.8 Å². The number of carbonyl (C=O) groups is 2. The van der Waals surface area contributed by atoms with Crippen LogP contribution < -0.4 is 5.32 Å². The van der Waals surface area contributed by atoms with Crippen LogP contribution in [0.3, 0.4) is 0 Å². The Morgan fingerprint density at radius 3 is 2.48 bits per heavy atom. The number of ether oxygens (including phenoxy) is 2. The molecule has 6 heteroatoms. The van der Waals surface area contributed by atoms with E-state index in [1.807, 2.05) is 30.3 Å². The average molecular weight is 316 g/mol. The maximum Gasteiger partial charge on any atom is 0.413 e. The Morgan fingerprint density at radius 1 is 1.13 bits per heavy atom. The average Bonchev–Trinajstić information content (AvgIpc) is 2.80. The van der Waals surface area contributed by atoms with Gasteiger partial charge in [0.25, 0.3) is 0 Å². The first-order chi connectivity index (χ1) is 11.0. The van der Waals surface area contributed by atoms with Crippen LogP contribution in [0.2, 0.25) is 0 Å². The van der Waals surface area contributed by atoms with E-state index in [0.29, 0.717) is 29.2 Å². The van der Waals surface area contributed by atoms with Crippen molar-refractivity contribution in [1.29, 1.82) is 0 Å². The SMILES string of the molecule is CCOC(=O)c1c(C)[nH]c(NC(=O)OCc2ccccc2)c1C. The second-order valence-electron chi connectivity index (χ2n) is 5.03. The van der Waals surface area contributed by atoms with Crippen molar-refractivity contribution < 1.29 is 19.1 Å². The van der Waals surface area contributed by atoms with E-state index in [0.717, 1.165) is 5.56 Å². The summed E-state index contributed by atoms with van der Waals surface area (Å²) < 4.78 is 10.2. The first-order valence-corrected chi connectivity index (χ1v) is 7.37. The molecule has 0 aliphatic carbocycles. The summed E-state index contributed by atoms with van der Waals surface area (Å²) in [5.74, 6) is 0.0214. The normalized spacial score (nSPS) is 10.2. The molecule has 0 radical (unpaired) electrons. The first kappa shape index (κ1) is 16.6. The van der Waals surface area contributed by atoms with Crippen LogP contribution >= 0.6 is 0 Å². The standard InChI is InChI=1S/C17H20N2O4/c1-4-22-16(20)14-11(2)15(18-12(14)3)19-17(21)23-10-13-8-6-5-7-9-13/h5-9,18H,4,10H2,1-3H3,(H,19,21). The number of benzene rings is 1. The van der Waals surface area contributed by atoms with Gasteiger partial charge in [0.1, 0.15) is 12.4 Å². The van der Waals surface area contributed by atoms with Gasteiger partial charge >= 0.3 is 12.1 Å². The topological polar surface area (TPSA) is 80.4 Å². The number of esters is 1. The molecule has 0 saturated carbocycles. The third-order valence-corrected chi connectivity index (χ3v) is 3.36. The summed E-state index contributed by atoms with van der Waals surface area (Å²) in [5, 5.41) is 2.61. The van der Waals surface area contributed by atoms with Crippen molar-refractivity contribution in [1.82, 2.24) is 4.98 Å². The Kier molecular flexibility index (Phi) is 5.41. The molecule has 2 aromatic rings. The lowest BCUT2D eigenvalue weighted by Crippen LogP contribution is -2.14. The van der Waals surface area contributed by atoms with Gasteiger partial charge in [-0.25, -0.2) is 9.59 Å². The zero-order valence-corrected chi connectivity index (χ0v) is 13.4. The van der Waals surface area contributed by atoms with E-state index in [9.17, 15) is 9.59 Å². The number of anilines is 1. The zero-order chi connectivity index (χ0) is 16.8. The molecule has 2 N–H and O–H groups in total. The predicted octanol–water partition coefficient (Wildman–Crippen LogP) is 3.56. The molecule has 1 amide bonds. The van der Waals surface area contributed by atoms with Gasteiger partial charge in [-0.2, -0.15) is 0 Å². The highest BCUT2D eigenvalue weighted by Gasteiger charge is 2.20. The molecule has 1 aromatic carbocycles. The van der Waals surface area contributed by atoms with E-state index in [4.69, 9.17) is 9.47 Å². The fourth-order valence-electron chi connectivity index (χ4n) is 2.25. The molecular weight excluding hydrogens is 296 g/mol. The number of aromatic amines is 1. The lowest BCUT2D eigenvalue weighted by Gasteiger charge is -2.07. The summed E-state index contributed by atoms with van der Waals surface area (Å²) in [7, 11) is 0. The van der Waals surface area contributed by atoms with Gasteiger partial charge in [0.15, 0.2) is 0 Å². The molecule has 1 aromatic heterocycles. The Labute approximate surface area is 134 Å². The molecule has 0 aliphatic heterocycles. The van der Waals surface area contributed by atoms with Crippen LogP contribution in [0, 0.1) is 13.8 Å². The van der Waals surface area contributed by atoms with E-state index in [2.05, 4.69) is 10.3 Å². The van der Waals surface area contributed by atoms with Crippen LogP contribution in [0.15, 0.2) is 30.3 Å². The Morgan fingerprint density at radius 2 is 1.83 bits per heavy atom. The van der Waals surface area contributed by atoms with Crippen molar-refractivity contribution in [2.45, 2.75) is 27.4 Å². The van der Waals surface area contributed by atoms with E-state index < -0.39 is 12.1 Å². The van der Waals surface area contributed by atoms with Crippen LogP contribution in [0.1, 0.15) is 34.1 Å². The highest BCUT2D eigenvalue weighted by atomic mass is 16.5. The van der Waals surface area contributed by atoms with Gasteiger partial charge in [-0.1, -0.05) is 30.3 Å². The minimum atomic E-state index is -0.589. The fraction of sp³-hybridized carbons (Fsp3) is 0.294. The van der Waals surface area contributed by atoms with Crippen molar-refractivity contribution in [3.8, 4) is 0 Å². The number of amides is 1. The lowest BCUT2D eigenvalue weighted by molar-refractivity contribution is 0.0525. The van der Waals surface area contributed by atoms with Crippen LogP contribution in [0.4, 0.5) is 10.6 Å². The molecule has 23 heavy (non-hydrogen) atoms. The molecule has 0 aliphatic rings. The summed E-state index contributed by atoms with van der Waals surface area (Å²) in [6.07, 6.45) is -0.589. The number of aromatic nitrogens is 1. The number of carbonyl (C=O) groups excluding carboxylic acids is 2. The fourth-order valence-corrected chi connectivity index (χ4v) is 2.25. The molecule has 0 bridgehead atoms. The number of nitrogens with one attached hydrogen (secondary N) is 2. The quantitative estimate of drug-likeness (QED) is 0.827. The second-order valence-corrected chi connectivity index (χ2v) is 5.03.